The maximum atomic E-state index is 12.4. The predicted octanol–water partition coefficient (Wildman–Crippen LogP) is 2.37. The number of amides is 3. The number of nitrogens with zero attached hydrogens (tertiary/aromatic N) is 1. The molecule has 0 bridgehead atoms. The van der Waals surface area contributed by atoms with Crippen LogP contribution in [-0.4, -0.2) is 42.5 Å². The van der Waals surface area contributed by atoms with Crippen LogP contribution in [0.1, 0.15) is 30.1 Å². The monoisotopic (exact) mass is 353 g/mol. The molecule has 0 saturated carbocycles. The number of rotatable bonds is 3. The molecule has 2 rings (SSSR count). The van der Waals surface area contributed by atoms with Gasteiger partial charge in [-0.25, -0.2) is 4.79 Å². The number of carbonyl (C=O) groups is 2. The van der Waals surface area contributed by atoms with Crippen molar-refractivity contribution in [2.75, 3.05) is 19.6 Å². The van der Waals surface area contributed by atoms with Crippen LogP contribution < -0.4 is 10.6 Å². The second-order valence-corrected chi connectivity index (χ2v) is 6.00. The maximum Gasteiger partial charge on any atom is 0.314 e. The largest absolute Gasteiger partial charge is 0.338 e. The van der Waals surface area contributed by atoms with Crippen LogP contribution in [0.25, 0.3) is 0 Å². The Morgan fingerprint density at radius 2 is 2.05 bits per heavy atom. The van der Waals surface area contributed by atoms with E-state index in [9.17, 15) is 9.59 Å². The Kier molecular flexibility index (Phi) is 5.61. The highest BCUT2D eigenvalue weighted by Gasteiger charge is 2.24. The molecule has 114 valence electrons. The number of hydrogen-bond donors (Lipinski definition) is 2. The van der Waals surface area contributed by atoms with Crippen LogP contribution in [0.3, 0.4) is 0 Å². The number of nitrogens with one attached hydrogen (secondary N) is 2. The summed E-state index contributed by atoms with van der Waals surface area (Å²) in [5.41, 5.74) is 0.694. The summed E-state index contributed by atoms with van der Waals surface area (Å²) in [4.78, 5) is 25.7. The predicted molar refractivity (Wildman–Crippen MR) is 85.3 cm³/mol. The van der Waals surface area contributed by atoms with Crippen molar-refractivity contribution in [1.82, 2.24) is 15.5 Å². The number of carbonyl (C=O) groups excluding carboxylic acids is 2. The van der Waals surface area contributed by atoms with Gasteiger partial charge >= 0.3 is 6.03 Å². The van der Waals surface area contributed by atoms with E-state index in [-0.39, 0.29) is 18.0 Å². The van der Waals surface area contributed by atoms with Gasteiger partial charge in [-0.3, -0.25) is 4.79 Å². The Bertz CT molecular complexity index is 513. The highest BCUT2D eigenvalue weighted by atomic mass is 79.9. The molecule has 1 heterocycles. The average Bonchev–Trinajstić information content (AvgIpc) is 2.47. The van der Waals surface area contributed by atoms with E-state index in [0.717, 1.165) is 17.3 Å². The van der Waals surface area contributed by atoms with Crippen molar-refractivity contribution in [3.05, 3.63) is 34.3 Å². The summed E-state index contributed by atoms with van der Waals surface area (Å²) in [6.07, 6.45) is 1.58. The zero-order valence-electron chi connectivity index (χ0n) is 12.1. The summed E-state index contributed by atoms with van der Waals surface area (Å²) < 4.78 is 0.904. The first-order chi connectivity index (χ1) is 10.1. The Hall–Kier alpha value is -1.56. The summed E-state index contributed by atoms with van der Waals surface area (Å²) in [5.74, 6) is 0.0489. The molecular formula is C15H20BrN3O2. The van der Waals surface area contributed by atoms with Gasteiger partial charge in [0.25, 0.3) is 5.91 Å². The molecular weight excluding hydrogens is 334 g/mol. The fourth-order valence-electron chi connectivity index (χ4n) is 2.43. The molecule has 0 spiro atoms. The lowest BCUT2D eigenvalue weighted by Crippen LogP contribution is -2.49. The molecule has 21 heavy (non-hydrogen) atoms. The lowest BCUT2D eigenvalue weighted by molar-refractivity contribution is 0.0708. The zero-order valence-corrected chi connectivity index (χ0v) is 13.6. The van der Waals surface area contributed by atoms with Gasteiger partial charge in [0.05, 0.1) is 0 Å². The smallest absolute Gasteiger partial charge is 0.314 e. The molecule has 1 aromatic carbocycles. The molecule has 1 aromatic rings. The minimum Gasteiger partial charge on any atom is -0.338 e. The Balaban J connectivity index is 1.86. The van der Waals surface area contributed by atoms with Crippen molar-refractivity contribution in [2.45, 2.75) is 25.8 Å². The van der Waals surface area contributed by atoms with Crippen molar-refractivity contribution in [1.29, 1.82) is 0 Å². The zero-order chi connectivity index (χ0) is 15.2. The van der Waals surface area contributed by atoms with E-state index in [0.29, 0.717) is 25.2 Å². The van der Waals surface area contributed by atoms with E-state index in [4.69, 9.17) is 0 Å². The quantitative estimate of drug-likeness (QED) is 0.876. The van der Waals surface area contributed by atoms with Crippen LogP contribution in [-0.2, 0) is 0 Å². The molecule has 1 aliphatic heterocycles. The normalized spacial score (nSPS) is 15.6. The second-order valence-electron chi connectivity index (χ2n) is 5.08. The van der Waals surface area contributed by atoms with Crippen LogP contribution in [0.5, 0.6) is 0 Å². The van der Waals surface area contributed by atoms with Crippen LogP contribution in [0, 0.1) is 0 Å². The van der Waals surface area contributed by atoms with Crippen LogP contribution in [0.2, 0.25) is 0 Å². The third-order valence-electron chi connectivity index (χ3n) is 3.53. The topological polar surface area (TPSA) is 61.4 Å². The van der Waals surface area contributed by atoms with E-state index in [1.807, 2.05) is 36.1 Å². The molecule has 3 amide bonds. The summed E-state index contributed by atoms with van der Waals surface area (Å²) in [5, 5.41) is 5.66. The molecule has 0 aliphatic carbocycles. The van der Waals surface area contributed by atoms with E-state index in [2.05, 4.69) is 26.6 Å². The molecule has 2 N–H and O–H groups in total. The molecule has 1 fully saturated rings. The van der Waals surface area contributed by atoms with E-state index < -0.39 is 0 Å². The van der Waals surface area contributed by atoms with E-state index in [1.165, 1.54) is 0 Å². The minimum atomic E-state index is -0.130. The Morgan fingerprint density at radius 1 is 1.33 bits per heavy atom. The summed E-state index contributed by atoms with van der Waals surface area (Å²) in [6.45, 7) is 3.84. The number of halogens is 1. The lowest BCUT2D eigenvalue weighted by atomic mass is 10.0. The maximum absolute atomic E-state index is 12.4. The molecule has 0 atom stereocenters. The van der Waals surface area contributed by atoms with E-state index in [1.54, 1.807) is 0 Å². The van der Waals surface area contributed by atoms with Crippen molar-refractivity contribution in [3.8, 4) is 0 Å². The van der Waals surface area contributed by atoms with Crippen LogP contribution in [0.4, 0.5) is 4.79 Å². The Morgan fingerprint density at radius 3 is 2.67 bits per heavy atom. The first-order valence-corrected chi connectivity index (χ1v) is 7.98. The number of urea groups is 1. The van der Waals surface area contributed by atoms with Crippen molar-refractivity contribution >= 4 is 27.9 Å². The lowest BCUT2D eigenvalue weighted by Gasteiger charge is -2.32. The van der Waals surface area contributed by atoms with Gasteiger partial charge in [-0.2, -0.15) is 0 Å². The SMILES string of the molecule is CCNC(=O)NC1CCN(C(=O)c2cccc(Br)c2)CC1. The van der Waals surface area contributed by atoms with Gasteiger partial charge in [-0.15, -0.1) is 0 Å². The molecule has 1 saturated heterocycles. The van der Waals surface area contributed by atoms with Crippen LogP contribution in [0.15, 0.2) is 28.7 Å². The second kappa shape index (κ2) is 7.45. The van der Waals surface area contributed by atoms with Gasteiger partial charge in [0.15, 0.2) is 0 Å². The third-order valence-corrected chi connectivity index (χ3v) is 4.02. The highest BCUT2D eigenvalue weighted by Crippen LogP contribution is 2.17. The van der Waals surface area contributed by atoms with Crippen molar-refractivity contribution in [2.24, 2.45) is 0 Å². The standard InChI is InChI=1S/C15H20BrN3O2/c1-2-17-15(21)18-13-6-8-19(9-7-13)14(20)11-4-3-5-12(16)10-11/h3-5,10,13H,2,6-9H2,1H3,(H2,17,18,21). The Labute approximate surface area is 133 Å². The molecule has 6 heteroatoms. The summed E-state index contributed by atoms with van der Waals surface area (Å²) >= 11 is 3.38. The van der Waals surface area contributed by atoms with E-state index >= 15 is 0 Å². The van der Waals surface area contributed by atoms with Gasteiger partial charge in [0, 0.05) is 35.7 Å². The number of benzene rings is 1. The molecule has 0 radical (unpaired) electrons. The molecule has 5 nitrogen and oxygen atoms in total. The minimum absolute atomic E-state index is 0.0489. The number of hydrogen-bond acceptors (Lipinski definition) is 2. The average molecular weight is 354 g/mol. The number of likely N-dealkylation sites (tertiary alicyclic amines) is 1. The summed E-state index contributed by atoms with van der Waals surface area (Å²) in [6, 6.07) is 7.44. The van der Waals surface area contributed by atoms with Crippen LogP contribution >= 0.6 is 15.9 Å². The third kappa shape index (κ3) is 4.46. The first-order valence-electron chi connectivity index (χ1n) is 7.19. The van der Waals surface area contributed by atoms with Crippen molar-refractivity contribution < 1.29 is 9.59 Å². The fourth-order valence-corrected chi connectivity index (χ4v) is 2.83. The number of piperidine rings is 1. The summed E-state index contributed by atoms with van der Waals surface area (Å²) in [7, 11) is 0. The highest BCUT2D eigenvalue weighted by molar-refractivity contribution is 9.10. The fraction of sp³-hybridized carbons (Fsp3) is 0.467. The van der Waals surface area contributed by atoms with Gasteiger partial charge < -0.3 is 15.5 Å². The molecule has 0 aromatic heterocycles. The molecule has 0 unspecified atom stereocenters. The van der Waals surface area contributed by atoms with Gasteiger partial charge in [-0.1, -0.05) is 22.0 Å². The van der Waals surface area contributed by atoms with Gasteiger partial charge in [-0.05, 0) is 38.0 Å². The van der Waals surface area contributed by atoms with Gasteiger partial charge in [0.2, 0.25) is 0 Å². The van der Waals surface area contributed by atoms with Crippen molar-refractivity contribution in [3.63, 3.8) is 0 Å². The molecule has 1 aliphatic rings. The van der Waals surface area contributed by atoms with Gasteiger partial charge in [0.1, 0.15) is 0 Å². The first kappa shape index (κ1) is 15.8.